The van der Waals surface area contributed by atoms with E-state index in [2.05, 4.69) is 9.97 Å². The lowest BCUT2D eigenvalue weighted by molar-refractivity contribution is 0.173. The number of nitrogens with zero attached hydrogens (tertiary/aromatic N) is 2. The number of hydrogen-bond acceptors (Lipinski definition) is 3. The van der Waals surface area contributed by atoms with Gasteiger partial charge >= 0.3 is 0 Å². The second kappa shape index (κ2) is 5.05. The Balaban J connectivity index is 2.15. The Morgan fingerprint density at radius 1 is 1.19 bits per heavy atom. The maximum atomic E-state index is 9.99. The van der Waals surface area contributed by atoms with Crippen molar-refractivity contribution in [2.75, 3.05) is 0 Å². The molecule has 0 aliphatic heterocycles. The SMILES string of the molecule is OC(Cc1ccncc1)c1ncccc1Cl. The largest absolute Gasteiger partial charge is 0.386 e. The molecule has 4 heteroatoms. The van der Waals surface area contributed by atoms with E-state index in [0.717, 1.165) is 5.56 Å². The number of hydrogen-bond donors (Lipinski definition) is 1. The van der Waals surface area contributed by atoms with E-state index in [4.69, 9.17) is 11.6 Å². The standard InChI is InChI=1S/C12H11ClN2O/c13-10-2-1-5-15-12(10)11(16)8-9-3-6-14-7-4-9/h1-7,11,16H,8H2. The van der Waals surface area contributed by atoms with E-state index in [1.165, 1.54) is 0 Å². The van der Waals surface area contributed by atoms with Gasteiger partial charge in [-0.3, -0.25) is 9.97 Å². The number of rotatable bonds is 3. The molecule has 1 unspecified atom stereocenters. The van der Waals surface area contributed by atoms with Crippen molar-refractivity contribution in [1.82, 2.24) is 9.97 Å². The molecular formula is C12H11ClN2O. The zero-order valence-electron chi connectivity index (χ0n) is 8.55. The Morgan fingerprint density at radius 3 is 2.62 bits per heavy atom. The minimum absolute atomic E-state index is 0.485. The second-order valence-corrected chi connectivity index (χ2v) is 3.85. The van der Waals surface area contributed by atoms with Crippen LogP contribution in [0.15, 0.2) is 42.9 Å². The molecule has 16 heavy (non-hydrogen) atoms. The van der Waals surface area contributed by atoms with E-state index in [-0.39, 0.29) is 0 Å². The van der Waals surface area contributed by atoms with Gasteiger partial charge in [-0.05, 0) is 29.8 Å². The molecule has 0 fully saturated rings. The highest BCUT2D eigenvalue weighted by molar-refractivity contribution is 6.31. The quantitative estimate of drug-likeness (QED) is 0.887. The van der Waals surface area contributed by atoms with Crippen molar-refractivity contribution < 1.29 is 5.11 Å². The Bertz CT molecular complexity index is 462. The summed E-state index contributed by atoms with van der Waals surface area (Å²) in [5.41, 5.74) is 1.52. The second-order valence-electron chi connectivity index (χ2n) is 3.45. The zero-order valence-corrected chi connectivity index (χ0v) is 9.30. The molecule has 0 saturated carbocycles. The van der Waals surface area contributed by atoms with E-state index >= 15 is 0 Å². The van der Waals surface area contributed by atoms with Crippen LogP contribution in [0.1, 0.15) is 17.4 Å². The molecule has 2 aromatic heterocycles. The first-order chi connectivity index (χ1) is 7.77. The minimum Gasteiger partial charge on any atom is -0.386 e. The molecule has 0 aliphatic carbocycles. The van der Waals surface area contributed by atoms with Crippen molar-refractivity contribution in [3.8, 4) is 0 Å². The van der Waals surface area contributed by atoms with Gasteiger partial charge in [-0.25, -0.2) is 0 Å². The third kappa shape index (κ3) is 2.56. The van der Waals surface area contributed by atoms with Gasteiger partial charge in [0, 0.05) is 25.0 Å². The molecule has 1 N–H and O–H groups in total. The summed E-state index contributed by atoms with van der Waals surface area (Å²) in [7, 11) is 0. The van der Waals surface area contributed by atoms with Crippen LogP contribution in [0.3, 0.4) is 0 Å². The Kier molecular flexibility index (Phi) is 3.49. The summed E-state index contributed by atoms with van der Waals surface area (Å²) in [5, 5.41) is 10.5. The van der Waals surface area contributed by atoms with Crippen LogP contribution in [-0.2, 0) is 6.42 Å². The molecule has 0 aromatic carbocycles. The highest BCUT2D eigenvalue weighted by Gasteiger charge is 2.13. The molecule has 0 bridgehead atoms. The summed E-state index contributed by atoms with van der Waals surface area (Å²) >= 11 is 5.95. The fourth-order valence-electron chi connectivity index (χ4n) is 1.48. The maximum Gasteiger partial charge on any atom is 0.101 e. The first-order valence-electron chi connectivity index (χ1n) is 4.95. The van der Waals surface area contributed by atoms with E-state index in [1.807, 2.05) is 12.1 Å². The van der Waals surface area contributed by atoms with Crippen molar-refractivity contribution in [3.63, 3.8) is 0 Å². The third-order valence-electron chi connectivity index (χ3n) is 2.28. The molecule has 2 aromatic rings. The van der Waals surface area contributed by atoms with Gasteiger partial charge in [-0.15, -0.1) is 0 Å². The van der Waals surface area contributed by atoms with Gasteiger partial charge in [-0.1, -0.05) is 11.6 Å². The van der Waals surface area contributed by atoms with Gasteiger partial charge < -0.3 is 5.11 Å². The summed E-state index contributed by atoms with van der Waals surface area (Å²) < 4.78 is 0. The van der Waals surface area contributed by atoms with Crippen LogP contribution >= 0.6 is 11.6 Å². The van der Waals surface area contributed by atoms with Crippen LogP contribution in [-0.4, -0.2) is 15.1 Å². The highest BCUT2D eigenvalue weighted by atomic mass is 35.5. The molecule has 0 radical (unpaired) electrons. The molecule has 3 nitrogen and oxygen atoms in total. The summed E-state index contributed by atoms with van der Waals surface area (Å²) in [5.74, 6) is 0. The van der Waals surface area contributed by atoms with E-state index in [1.54, 1.807) is 30.7 Å². The highest BCUT2D eigenvalue weighted by Crippen LogP contribution is 2.22. The third-order valence-corrected chi connectivity index (χ3v) is 2.60. The van der Waals surface area contributed by atoms with Gasteiger partial charge in [0.1, 0.15) is 6.10 Å². The van der Waals surface area contributed by atoms with Crippen molar-refractivity contribution in [1.29, 1.82) is 0 Å². The predicted molar refractivity (Wildman–Crippen MR) is 62.1 cm³/mol. The molecule has 2 rings (SSSR count). The smallest absolute Gasteiger partial charge is 0.101 e. The van der Waals surface area contributed by atoms with Crippen molar-refractivity contribution in [2.45, 2.75) is 12.5 Å². The van der Waals surface area contributed by atoms with Crippen LogP contribution in [0.5, 0.6) is 0 Å². The van der Waals surface area contributed by atoms with Gasteiger partial charge in [0.05, 0.1) is 10.7 Å². The lowest BCUT2D eigenvalue weighted by Gasteiger charge is -2.11. The van der Waals surface area contributed by atoms with Crippen LogP contribution in [0.25, 0.3) is 0 Å². The number of pyridine rings is 2. The van der Waals surface area contributed by atoms with Gasteiger partial charge in [0.15, 0.2) is 0 Å². The first-order valence-corrected chi connectivity index (χ1v) is 5.32. The normalized spacial score (nSPS) is 12.4. The van der Waals surface area contributed by atoms with Crippen molar-refractivity contribution >= 4 is 11.6 Å². The molecule has 0 saturated heterocycles. The molecule has 1 atom stereocenters. The van der Waals surface area contributed by atoms with Gasteiger partial charge in [0.2, 0.25) is 0 Å². The van der Waals surface area contributed by atoms with E-state index in [0.29, 0.717) is 17.1 Å². The zero-order chi connectivity index (χ0) is 11.4. The van der Waals surface area contributed by atoms with Gasteiger partial charge in [0.25, 0.3) is 0 Å². The maximum absolute atomic E-state index is 9.99. The minimum atomic E-state index is -0.684. The van der Waals surface area contributed by atoms with Crippen LogP contribution in [0.4, 0.5) is 0 Å². The Labute approximate surface area is 98.8 Å². The number of aromatic nitrogens is 2. The number of halogens is 1. The fraction of sp³-hybridized carbons (Fsp3) is 0.167. The lowest BCUT2D eigenvalue weighted by Crippen LogP contribution is -2.04. The topological polar surface area (TPSA) is 46.0 Å². The molecule has 0 aliphatic rings. The Hall–Kier alpha value is -1.45. The summed E-state index contributed by atoms with van der Waals surface area (Å²) in [4.78, 5) is 8.00. The lowest BCUT2D eigenvalue weighted by atomic mass is 10.1. The summed E-state index contributed by atoms with van der Waals surface area (Å²) in [6, 6.07) is 7.19. The molecule has 0 amide bonds. The van der Waals surface area contributed by atoms with E-state index < -0.39 is 6.10 Å². The van der Waals surface area contributed by atoms with Crippen LogP contribution in [0, 0.1) is 0 Å². The predicted octanol–water partition coefficient (Wildman–Crippen LogP) is 2.41. The summed E-state index contributed by atoms with van der Waals surface area (Å²) in [6.45, 7) is 0. The fourth-order valence-corrected chi connectivity index (χ4v) is 1.73. The molecule has 0 spiro atoms. The van der Waals surface area contributed by atoms with E-state index in [9.17, 15) is 5.11 Å². The monoisotopic (exact) mass is 234 g/mol. The average Bonchev–Trinajstić information content (AvgIpc) is 2.31. The number of aliphatic hydroxyl groups excluding tert-OH is 1. The molecule has 82 valence electrons. The van der Waals surface area contributed by atoms with Gasteiger partial charge in [-0.2, -0.15) is 0 Å². The molecular weight excluding hydrogens is 224 g/mol. The van der Waals surface area contributed by atoms with Crippen LogP contribution < -0.4 is 0 Å². The summed E-state index contributed by atoms with van der Waals surface area (Å²) in [6.07, 6.45) is 4.82. The molecule has 2 heterocycles. The Morgan fingerprint density at radius 2 is 1.94 bits per heavy atom. The van der Waals surface area contributed by atoms with Crippen molar-refractivity contribution in [3.05, 3.63) is 59.1 Å². The van der Waals surface area contributed by atoms with Crippen LogP contribution in [0.2, 0.25) is 5.02 Å². The van der Waals surface area contributed by atoms with Crippen molar-refractivity contribution in [2.24, 2.45) is 0 Å². The average molecular weight is 235 g/mol. The number of aliphatic hydroxyl groups is 1. The first kappa shape index (κ1) is 11.0.